The molecule has 2 aromatic rings. The monoisotopic (exact) mass is 262 g/mol. The van der Waals surface area contributed by atoms with Crippen LogP contribution >= 0.6 is 0 Å². The van der Waals surface area contributed by atoms with Gasteiger partial charge in [0.05, 0.1) is 6.20 Å². The van der Waals surface area contributed by atoms with E-state index < -0.39 is 0 Å². The van der Waals surface area contributed by atoms with Crippen LogP contribution in [0.4, 0.5) is 4.39 Å². The quantitative estimate of drug-likeness (QED) is 0.777. The van der Waals surface area contributed by atoms with Crippen LogP contribution < -0.4 is 5.32 Å². The first-order valence-electron chi connectivity index (χ1n) is 6.71. The summed E-state index contributed by atoms with van der Waals surface area (Å²) in [6.45, 7) is 4.15. The molecule has 0 saturated heterocycles. The lowest BCUT2D eigenvalue weighted by Gasteiger charge is -2.00. The van der Waals surface area contributed by atoms with Crippen LogP contribution in [-0.2, 0) is 6.42 Å². The van der Waals surface area contributed by atoms with Crippen molar-refractivity contribution in [2.24, 2.45) is 0 Å². The molecule has 4 heteroatoms. The van der Waals surface area contributed by atoms with Gasteiger partial charge in [-0.1, -0.05) is 19.1 Å². The van der Waals surface area contributed by atoms with Crippen molar-refractivity contribution in [2.75, 3.05) is 13.1 Å². The van der Waals surface area contributed by atoms with Crippen LogP contribution in [0.2, 0.25) is 0 Å². The average Bonchev–Trinajstić information content (AvgIpc) is 2.87. The van der Waals surface area contributed by atoms with Gasteiger partial charge in [0.25, 0.3) is 0 Å². The van der Waals surface area contributed by atoms with Gasteiger partial charge in [0.15, 0.2) is 11.7 Å². The first kappa shape index (κ1) is 13.7. The third-order valence-electron chi connectivity index (χ3n) is 2.83. The van der Waals surface area contributed by atoms with E-state index in [4.69, 9.17) is 4.42 Å². The number of nitrogens with zero attached hydrogens (tertiary/aromatic N) is 1. The van der Waals surface area contributed by atoms with E-state index in [1.807, 2.05) is 6.07 Å². The number of aryl methyl sites for hydroxylation is 1. The lowest BCUT2D eigenvalue weighted by Crippen LogP contribution is -2.16. The van der Waals surface area contributed by atoms with E-state index in [0.717, 1.165) is 37.9 Å². The molecular formula is C15H19FN2O. The highest BCUT2D eigenvalue weighted by Crippen LogP contribution is 2.21. The summed E-state index contributed by atoms with van der Waals surface area (Å²) in [6.07, 6.45) is 4.58. The standard InChI is InChI=1S/C15H19FN2O/c1-2-8-17-9-4-7-15-18-11-14(19-15)12-5-3-6-13(16)10-12/h3,5-6,10-11,17H,2,4,7-9H2,1H3. The predicted octanol–water partition coefficient (Wildman–Crippen LogP) is 3.41. The smallest absolute Gasteiger partial charge is 0.194 e. The summed E-state index contributed by atoms with van der Waals surface area (Å²) >= 11 is 0. The second-order valence-electron chi connectivity index (χ2n) is 4.48. The van der Waals surface area contributed by atoms with Gasteiger partial charge in [-0.2, -0.15) is 0 Å². The molecule has 0 unspecified atom stereocenters. The molecule has 0 aliphatic rings. The van der Waals surface area contributed by atoms with Gasteiger partial charge in [-0.05, 0) is 38.1 Å². The summed E-state index contributed by atoms with van der Waals surface area (Å²) in [6, 6.07) is 6.35. The molecule has 0 aliphatic carbocycles. The molecule has 102 valence electrons. The molecule has 1 N–H and O–H groups in total. The van der Waals surface area contributed by atoms with Crippen molar-refractivity contribution in [3.05, 3.63) is 42.2 Å². The molecular weight excluding hydrogens is 243 g/mol. The van der Waals surface area contributed by atoms with Crippen LogP contribution in [0.1, 0.15) is 25.7 Å². The van der Waals surface area contributed by atoms with Crippen molar-refractivity contribution in [1.82, 2.24) is 10.3 Å². The Morgan fingerprint density at radius 2 is 2.21 bits per heavy atom. The Balaban J connectivity index is 1.88. The predicted molar refractivity (Wildman–Crippen MR) is 73.4 cm³/mol. The zero-order valence-corrected chi connectivity index (χ0v) is 11.2. The second kappa shape index (κ2) is 7.04. The molecule has 0 aliphatic heterocycles. The number of hydrogen-bond donors (Lipinski definition) is 1. The largest absolute Gasteiger partial charge is 0.441 e. The maximum atomic E-state index is 13.1. The molecule has 2 rings (SSSR count). The maximum Gasteiger partial charge on any atom is 0.194 e. The number of aromatic nitrogens is 1. The van der Waals surface area contributed by atoms with Crippen LogP contribution in [-0.4, -0.2) is 18.1 Å². The lowest BCUT2D eigenvalue weighted by molar-refractivity contribution is 0.491. The number of hydrogen-bond acceptors (Lipinski definition) is 3. The Kier molecular flexibility index (Phi) is 5.10. The second-order valence-corrected chi connectivity index (χ2v) is 4.48. The third-order valence-corrected chi connectivity index (χ3v) is 2.83. The van der Waals surface area contributed by atoms with E-state index in [9.17, 15) is 4.39 Å². The molecule has 0 spiro atoms. The van der Waals surface area contributed by atoms with E-state index in [-0.39, 0.29) is 5.82 Å². The van der Waals surface area contributed by atoms with Gasteiger partial charge in [-0.15, -0.1) is 0 Å². The maximum absolute atomic E-state index is 13.1. The van der Waals surface area contributed by atoms with Crippen LogP contribution in [0.3, 0.4) is 0 Å². The highest BCUT2D eigenvalue weighted by atomic mass is 19.1. The van der Waals surface area contributed by atoms with Crippen molar-refractivity contribution in [2.45, 2.75) is 26.2 Å². The highest BCUT2D eigenvalue weighted by molar-refractivity contribution is 5.56. The number of oxazole rings is 1. The fourth-order valence-corrected chi connectivity index (χ4v) is 1.87. The van der Waals surface area contributed by atoms with Crippen LogP contribution in [0.15, 0.2) is 34.9 Å². The normalized spacial score (nSPS) is 10.8. The third kappa shape index (κ3) is 4.17. The van der Waals surface area contributed by atoms with Crippen LogP contribution in [0, 0.1) is 5.82 Å². The molecule has 19 heavy (non-hydrogen) atoms. The minimum absolute atomic E-state index is 0.265. The number of nitrogens with one attached hydrogen (secondary N) is 1. The fourth-order valence-electron chi connectivity index (χ4n) is 1.87. The van der Waals surface area contributed by atoms with E-state index in [1.165, 1.54) is 12.1 Å². The summed E-state index contributed by atoms with van der Waals surface area (Å²) in [4.78, 5) is 4.22. The minimum Gasteiger partial charge on any atom is -0.441 e. The molecule has 0 amide bonds. The van der Waals surface area contributed by atoms with Crippen molar-refractivity contribution in [1.29, 1.82) is 0 Å². The number of rotatable bonds is 7. The summed E-state index contributed by atoms with van der Waals surface area (Å²) < 4.78 is 18.7. The van der Waals surface area contributed by atoms with E-state index >= 15 is 0 Å². The van der Waals surface area contributed by atoms with Gasteiger partial charge in [-0.3, -0.25) is 0 Å². The van der Waals surface area contributed by atoms with Gasteiger partial charge in [0, 0.05) is 12.0 Å². The molecule has 1 aromatic carbocycles. The summed E-state index contributed by atoms with van der Waals surface area (Å²) in [7, 11) is 0. The molecule has 0 fully saturated rings. The van der Waals surface area contributed by atoms with Crippen molar-refractivity contribution >= 4 is 0 Å². The van der Waals surface area contributed by atoms with Gasteiger partial charge in [0.2, 0.25) is 0 Å². The molecule has 1 heterocycles. The fraction of sp³-hybridized carbons (Fsp3) is 0.400. The highest BCUT2D eigenvalue weighted by Gasteiger charge is 2.06. The topological polar surface area (TPSA) is 38.1 Å². The molecule has 0 atom stereocenters. The summed E-state index contributed by atoms with van der Waals surface area (Å²) in [5.74, 6) is 1.06. The minimum atomic E-state index is -0.265. The number of benzene rings is 1. The van der Waals surface area contributed by atoms with Crippen molar-refractivity contribution in [3.63, 3.8) is 0 Å². The first-order chi connectivity index (χ1) is 9.29. The Bertz CT molecular complexity index is 510. The molecule has 0 saturated carbocycles. The Morgan fingerprint density at radius 1 is 1.32 bits per heavy atom. The lowest BCUT2D eigenvalue weighted by atomic mass is 10.2. The van der Waals surface area contributed by atoms with E-state index in [0.29, 0.717) is 11.7 Å². The SMILES string of the molecule is CCCNCCCc1ncc(-c2cccc(F)c2)o1. The Hall–Kier alpha value is -1.68. The molecule has 1 aromatic heterocycles. The zero-order chi connectivity index (χ0) is 13.5. The van der Waals surface area contributed by atoms with Gasteiger partial charge in [-0.25, -0.2) is 9.37 Å². The first-order valence-corrected chi connectivity index (χ1v) is 6.71. The molecule has 3 nitrogen and oxygen atoms in total. The van der Waals surface area contributed by atoms with Crippen LogP contribution in [0.5, 0.6) is 0 Å². The van der Waals surface area contributed by atoms with Gasteiger partial charge < -0.3 is 9.73 Å². The Morgan fingerprint density at radius 3 is 3.00 bits per heavy atom. The van der Waals surface area contributed by atoms with Gasteiger partial charge in [0.1, 0.15) is 5.82 Å². The number of halogens is 1. The Labute approximate surface area is 112 Å². The zero-order valence-electron chi connectivity index (χ0n) is 11.2. The van der Waals surface area contributed by atoms with E-state index in [2.05, 4.69) is 17.2 Å². The summed E-state index contributed by atoms with van der Waals surface area (Å²) in [5.41, 5.74) is 0.725. The molecule has 0 radical (unpaired) electrons. The van der Waals surface area contributed by atoms with Gasteiger partial charge >= 0.3 is 0 Å². The summed E-state index contributed by atoms with van der Waals surface area (Å²) in [5, 5.41) is 3.33. The van der Waals surface area contributed by atoms with Crippen molar-refractivity contribution in [3.8, 4) is 11.3 Å². The van der Waals surface area contributed by atoms with E-state index in [1.54, 1.807) is 12.3 Å². The molecule has 0 bridgehead atoms. The van der Waals surface area contributed by atoms with Crippen LogP contribution in [0.25, 0.3) is 11.3 Å². The van der Waals surface area contributed by atoms with Crippen molar-refractivity contribution < 1.29 is 8.81 Å². The average molecular weight is 262 g/mol.